The summed E-state index contributed by atoms with van der Waals surface area (Å²) < 4.78 is 2.37. The molecular weight excluding hydrogens is 518 g/mol. The molecule has 0 bridgehead atoms. The van der Waals surface area contributed by atoms with Crippen LogP contribution in [-0.2, 0) is 0 Å². The molecule has 0 radical (unpaired) electrons. The summed E-state index contributed by atoms with van der Waals surface area (Å²) in [4.78, 5) is 0. The van der Waals surface area contributed by atoms with Crippen molar-refractivity contribution in [3.8, 4) is 27.9 Å². The Bertz CT molecular complexity index is 2410. The lowest BCUT2D eigenvalue weighted by Crippen LogP contribution is -1.93. The molecule has 0 aliphatic rings. The maximum Gasteiger partial charge on any atom is 0.0541 e. The van der Waals surface area contributed by atoms with E-state index in [2.05, 4.69) is 168 Å². The minimum atomic E-state index is 1.17. The number of para-hydroxylation sites is 2. The summed E-state index contributed by atoms with van der Waals surface area (Å²) in [6.45, 7) is 0. The molecule has 0 fully saturated rings. The number of fused-ring (bicyclic) bond motifs is 9. The molecular formula is C42H27N. The average molecular weight is 546 g/mol. The highest BCUT2D eigenvalue weighted by Crippen LogP contribution is 2.38. The molecule has 0 N–H and O–H groups in total. The van der Waals surface area contributed by atoms with Gasteiger partial charge in [-0.3, -0.25) is 0 Å². The molecule has 0 spiro atoms. The van der Waals surface area contributed by atoms with Crippen molar-refractivity contribution in [2.24, 2.45) is 0 Å². The van der Waals surface area contributed by atoms with Crippen LogP contribution in [0.1, 0.15) is 0 Å². The zero-order valence-corrected chi connectivity index (χ0v) is 23.5. The lowest BCUT2D eigenvalue weighted by Gasteiger charge is -2.13. The second-order valence-electron chi connectivity index (χ2n) is 11.3. The molecule has 43 heavy (non-hydrogen) atoms. The topological polar surface area (TPSA) is 4.93 Å². The van der Waals surface area contributed by atoms with E-state index in [1.807, 2.05) is 0 Å². The molecule has 0 aliphatic carbocycles. The summed E-state index contributed by atoms with van der Waals surface area (Å²) in [5, 5.41) is 10.4. The Labute approximate surface area is 249 Å². The van der Waals surface area contributed by atoms with E-state index >= 15 is 0 Å². The Morgan fingerprint density at radius 3 is 1.26 bits per heavy atom. The van der Waals surface area contributed by atoms with Crippen molar-refractivity contribution in [1.82, 2.24) is 4.57 Å². The quantitative estimate of drug-likeness (QED) is 0.195. The van der Waals surface area contributed by atoms with Crippen molar-refractivity contribution in [3.63, 3.8) is 0 Å². The number of hydrogen-bond donors (Lipinski definition) is 0. The number of aromatic nitrogens is 1. The lowest BCUT2D eigenvalue weighted by molar-refractivity contribution is 1.18. The van der Waals surface area contributed by atoms with Gasteiger partial charge in [0.05, 0.1) is 11.0 Å². The summed E-state index contributed by atoms with van der Waals surface area (Å²) in [6, 6.07) is 59.7. The number of benzene rings is 8. The minimum Gasteiger partial charge on any atom is -0.309 e. The second kappa shape index (κ2) is 9.44. The van der Waals surface area contributed by atoms with E-state index in [1.54, 1.807) is 0 Å². The molecule has 0 amide bonds. The van der Waals surface area contributed by atoms with Crippen molar-refractivity contribution in [2.75, 3.05) is 0 Å². The van der Waals surface area contributed by atoms with Gasteiger partial charge in [-0.1, -0.05) is 127 Å². The van der Waals surface area contributed by atoms with Gasteiger partial charge in [-0.15, -0.1) is 0 Å². The van der Waals surface area contributed by atoms with Crippen molar-refractivity contribution >= 4 is 54.1 Å². The molecule has 8 aromatic carbocycles. The van der Waals surface area contributed by atoms with Crippen molar-refractivity contribution in [3.05, 3.63) is 164 Å². The van der Waals surface area contributed by atoms with Crippen LogP contribution in [0, 0.1) is 0 Å². The molecule has 0 saturated heterocycles. The van der Waals surface area contributed by atoms with Gasteiger partial charge in [-0.05, 0) is 91.0 Å². The molecule has 1 aromatic heterocycles. The average Bonchev–Trinajstić information content (AvgIpc) is 3.43. The van der Waals surface area contributed by atoms with E-state index < -0.39 is 0 Å². The third kappa shape index (κ3) is 3.72. The van der Waals surface area contributed by atoms with Crippen molar-refractivity contribution in [1.29, 1.82) is 0 Å². The molecule has 200 valence electrons. The molecule has 0 unspecified atom stereocenters. The van der Waals surface area contributed by atoms with E-state index in [4.69, 9.17) is 0 Å². The van der Waals surface area contributed by atoms with Gasteiger partial charge in [0.1, 0.15) is 0 Å². The molecule has 1 heterocycles. The minimum absolute atomic E-state index is 1.17. The molecule has 0 aliphatic heterocycles. The predicted octanol–water partition coefficient (Wildman–Crippen LogP) is 11.6. The fraction of sp³-hybridized carbons (Fsp3) is 0. The molecule has 0 saturated carbocycles. The van der Waals surface area contributed by atoms with E-state index in [0.717, 1.165) is 0 Å². The van der Waals surface area contributed by atoms with E-state index in [9.17, 15) is 0 Å². The predicted molar refractivity (Wildman–Crippen MR) is 184 cm³/mol. The second-order valence-corrected chi connectivity index (χ2v) is 11.3. The summed E-state index contributed by atoms with van der Waals surface area (Å²) in [6.07, 6.45) is 0. The smallest absolute Gasteiger partial charge is 0.0541 e. The first-order chi connectivity index (χ1) is 21.3. The third-order valence-electron chi connectivity index (χ3n) is 8.98. The molecule has 1 heteroatoms. The van der Waals surface area contributed by atoms with Crippen LogP contribution in [0.15, 0.2) is 164 Å². The lowest BCUT2D eigenvalue weighted by atomic mass is 9.91. The highest BCUT2D eigenvalue weighted by atomic mass is 15.0. The number of rotatable bonds is 3. The maximum atomic E-state index is 2.37. The Balaban J connectivity index is 1.14. The van der Waals surface area contributed by atoms with Crippen LogP contribution in [-0.4, -0.2) is 4.57 Å². The van der Waals surface area contributed by atoms with Crippen molar-refractivity contribution < 1.29 is 0 Å². The van der Waals surface area contributed by atoms with Gasteiger partial charge < -0.3 is 4.57 Å². The van der Waals surface area contributed by atoms with Crippen molar-refractivity contribution in [2.45, 2.75) is 0 Å². The fourth-order valence-corrected chi connectivity index (χ4v) is 6.97. The zero-order valence-electron chi connectivity index (χ0n) is 23.5. The number of hydrogen-bond acceptors (Lipinski definition) is 0. The Morgan fingerprint density at radius 2 is 0.674 bits per heavy atom. The first kappa shape index (κ1) is 24.0. The summed E-state index contributed by atoms with van der Waals surface area (Å²) in [5.74, 6) is 0. The summed E-state index contributed by atoms with van der Waals surface area (Å²) in [7, 11) is 0. The van der Waals surface area contributed by atoms with E-state index in [-0.39, 0.29) is 0 Å². The van der Waals surface area contributed by atoms with Crippen LogP contribution < -0.4 is 0 Å². The van der Waals surface area contributed by atoms with Gasteiger partial charge in [0.2, 0.25) is 0 Å². The molecule has 9 aromatic rings. The van der Waals surface area contributed by atoms with Crippen LogP contribution in [0.3, 0.4) is 0 Å². The summed E-state index contributed by atoms with van der Waals surface area (Å²) >= 11 is 0. The third-order valence-corrected chi connectivity index (χ3v) is 8.98. The first-order valence-electron chi connectivity index (χ1n) is 14.9. The largest absolute Gasteiger partial charge is 0.309 e. The SMILES string of the molecule is c1cc(-c2ccc(-n3c4ccccc4c4ccccc43)cc2)cc(-c2ccc3c4ccccc4c4ccccc4c3c2)c1. The normalized spacial score (nSPS) is 11.7. The molecule has 9 rings (SSSR count). The van der Waals surface area contributed by atoms with E-state index in [1.165, 1.54) is 82.1 Å². The number of nitrogens with zero attached hydrogens (tertiary/aromatic N) is 1. The highest BCUT2D eigenvalue weighted by molar-refractivity contribution is 6.25. The fourth-order valence-electron chi connectivity index (χ4n) is 6.97. The van der Waals surface area contributed by atoms with Crippen LogP contribution in [0.2, 0.25) is 0 Å². The first-order valence-corrected chi connectivity index (χ1v) is 14.9. The van der Waals surface area contributed by atoms with E-state index in [0.29, 0.717) is 0 Å². The van der Waals surface area contributed by atoms with Crippen LogP contribution in [0.5, 0.6) is 0 Å². The highest BCUT2D eigenvalue weighted by Gasteiger charge is 2.13. The zero-order chi connectivity index (χ0) is 28.3. The van der Waals surface area contributed by atoms with Crippen LogP contribution in [0.25, 0.3) is 82.1 Å². The molecule has 1 nitrogen and oxygen atoms in total. The standard InChI is InChI=1S/C42H27N/c1-2-14-35-33(12-1)34-13-3-4-15-36(34)40-27-31(22-25-37(35)40)30-11-9-10-29(26-30)28-20-23-32(24-21-28)43-41-18-7-5-16-38(41)39-17-6-8-19-42(39)43/h1-27H. The van der Waals surface area contributed by atoms with Gasteiger partial charge in [0, 0.05) is 16.5 Å². The maximum absolute atomic E-state index is 2.37. The Morgan fingerprint density at radius 1 is 0.256 bits per heavy atom. The Hall–Kier alpha value is -5.66. The van der Waals surface area contributed by atoms with Gasteiger partial charge in [0.15, 0.2) is 0 Å². The monoisotopic (exact) mass is 545 g/mol. The summed E-state index contributed by atoms with van der Waals surface area (Å²) in [5.41, 5.74) is 8.52. The molecule has 0 atom stereocenters. The van der Waals surface area contributed by atoms with Crippen LogP contribution >= 0.6 is 0 Å². The Kier molecular flexibility index (Phi) is 5.27. The van der Waals surface area contributed by atoms with Crippen LogP contribution in [0.4, 0.5) is 0 Å². The van der Waals surface area contributed by atoms with Gasteiger partial charge in [-0.2, -0.15) is 0 Å². The van der Waals surface area contributed by atoms with Gasteiger partial charge in [0.25, 0.3) is 0 Å². The van der Waals surface area contributed by atoms with Gasteiger partial charge in [-0.25, -0.2) is 0 Å². The van der Waals surface area contributed by atoms with Gasteiger partial charge >= 0.3 is 0 Å².